The van der Waals surface area contributed by atoms with E-state index in [-0.39, 0.29) is 11.8 Å². The molecule has 2 aromatic carbocycles. The summed E-state index contributed by atoms with van der Waals surface area (Å²) in [4.78, 5) is 27.0. The average Bonchev–Trinajstić information content (AvgIpc) is 2.86. The Hall–Kier alpha value is -3.48. The molecule has 170 valence electrons. The molecule has 1 aliphatic rings. The maximum absolute atomic E-state index is 12.8. The van der Waals surface area contributed by atoms with Crippen molar-refractivity contribution in [1.82, 2.24) is 4.90 Å². The maximum atomic E-state index is 12.8. The first kappa shape index (κ1) is 23.2. The highest BCUT2D eigenvalue weighted by atomic mass is 16.5. The lowest BCUT2D eigenvalue weighted by atomic mass is 9.94. The number of hydrogen-bond acceptors (Lipinski definition) is 6. The molecule has 3 rings (SSSR count). The number of carbonyl (C=O) groups is 2. The number of rotatable bonds is 7. The van der Waals surface area contributed by atoms with Crippen LogP contribution in [-0.2, 0) is 4.74 Å². The number of ether oxygens (including phenoxy) is 4. The van der Waals surface area contributed by atoms with Gasteiger partial charge in [0.1, 0.15) is 22.8 Å². The van der Waals surface area contributed by atoms with Crippen molar-refractivity contribution in [2.24, 2.45) is 5.92 Å². The first-order valence-corrected chi connectivity index (χ1v) is 10.5. The molecule has 0 aromatic heterocycles. The van der Waals surface area contributed by atoms with Gasteiger partial charge in [-0.2, -0.15) is 0 Å². The molecule has 1 fully saturated rings. The molecule has 7 heteroatoms. The van der Waals surface area contributed by atoms with Crippen LogP contribution in [0.4, 0.5) is 0 Å². The minimum absolute atomic E-state index is 0.0283. The normalized spacial score (nSPS) is 14.3. The third-order valence-corrected chi connectivity index (χ3v) is 5.66. The molecule has 0 spiro atoms. The summed E-state index contributed by atoms with van der Waals surface area (Å²) < 4.78 is 20.8. The molecular weight excluding hydrogens is 410 g/mol. The Balaban J connectivity index is 1.70. The summed E-state index contributed by atoms with van der Waals surface area (Å²) in [5.41, 5.74) is 1.69. The predicted molar refractivity (Wildman–Crippen MR) is 122 cm³/mol. The van der Waals surface area contributed by atoms with Gasteiger partial charge in [0.25, 0.3) is 5.91 Å². The van der Waals surface area contributed by atoms with Crippen LogP contribution < -0.4 is 14.2 Å². The van der Waals surface area contributed by atoms with Gasteiger partial charge in [-0.1, -0.05) is 12.2 Å². The van der Waals surface area contributed by atoms with Gasteiger partial charge in [0, 0.05) is 24.7 Å². The topological polar surface area (TPSA) is 74.3 Å². The Bertz CT molecular complexity index is 975. The quantitative estimate of drug-likeness (QED) is 0.606. The summed E-state index contributed by atoms with van der Waals surface area (Å²) in [6, 6.07) is 10.6. The molecule has 7 nitrogen and oxygen atoms in total. The first-order valence-electron chi connectivity index (χ1n) is 10.5. The SMILES string of the molecule is COC(=O)c1c(/C=C/C2CCN(C(=O)c3ccc(OC)cc3)CC2)cc(OC)cc1OC. The number of piperidine rings is 1. The Morgan fingerprint density at radius 1 is 0.906 bits per heavy atom. The molecule has 0 radical (unpaired) electrons. The van der Waals surface area contributed by atoms with E-state index in [1.807, 2.05) is 11.0 Å². The summed E-state index contributed by atoms with van der Waals surface area (Å²) >= 11 is 0. The highest BCUT2D eigenvalue weighted by molar-refractivity contribution is 5.97. The molecule has 1 saturated heterocycles. The van der Waals surface area contributed by atoms with Gasteiger partial charge in [-0.25, -0.2) is 4.79 Å². The van der Waals surface area contributed by atoms with Gasteiger partial charge in [0.05, 0.1) is 28.4 Å². The fraction of sp³-hybridized carbons (Fsp3) is 0.360. The number of carbonyl (C=O) groups excluding carboxylic acids is 2. The average molecular weight is 440 g/mol. The van der Waals surface area contributed by atoms with Crippen LogP contribution in [0.1, 0.15) is 39.1 Å². The number of allylic oxidation sites excluding steroid dienone is 1. The zero-order valence-electron chi connectivity index (χ0n) is 18.9. The van der Waals surface area contributed by atoms with Crippen LogP contribution in [0.3, 0.4) is 0 Å². The number of nitrogens with zero attached hydrogens (tertiary/aromatic N) is 1. The van der Waals surface area contributed by atoms with Crippen LogP contribution in [0.5, 0.6) is 17.2 Å². The van der Waals surface area contributed by atoms with E-state index in [0.717, 1.165) is 18.6 Å². The molecule has 0 atom stereocenters. The third-order valence-electron chi connectivity index (χ3n) is 5.66. The molecule has 0 saturated carbocycles. The second kappa shape index (κ2) is 10.7. The van der Waals surface area contributed by atoms with Crippen LogP contribution in [0.15, 0.2) is 42.5 Å². The van der Waals surface area contributed by atoms with Crippen molar-refractivity contribution in [1.29, 1.82) is 0 Å². The van der Waals surface area contributed by atoms with E-state index in [9.17, 15) is 9.59 Å². The number of hydrogen-bond donors (Lipinski definition) is 0. The lowest BCUT2D eigenvalue weighted by Crippen LogP contribution is -2.38. The highest BCUT2D eigenvalue weighted by Crippen LogP contribution is 2.31. The monoisotopic (exact) mass is 439 g/mol. The molecule has 1 amide bonds. The number of likely N-dealkylation sites (tertiary alicyclic amines) is 1. The summed E-state index contributed by atoms with van der Waals surface area (Å²) in [5.74, 6) is 1.57. The molecule has 0 N–H and O–H groups in total. The molecule has 1 heterocycles. The number of methoxy groups -OCH3 is 4. The van der Waals surface area contributed by atoms with Gasteiger partial charge in [0.2, 0.25) is 0 Å². The molecule has 32 heavy (non-hydrogen) atoms. The van der Waals surface area contributed by atoms with E-state index >= 15 is 0 Å². The maximum Gasteiger partial charge on any atom is 0.342 e. The predicted octanol–water partition coefficient (Wildman–Crippen LogP) is 4.06. The van der Waals surface area contributed by atoms with Crippen molar-refractivity contribution in [3.63, 3.8) is 0 Å². The fourth-order valence-corrected chi connectivity index (χ4v) is 3.79. The Morgan fingerprint density at radius 2 is 1.56 bits per heavy atom. The Morgan fingerprint density at radius 3 is 2.12 bits per heavy atom. The fourth-order valence-electron chi connectivity index (χ4n) is 3.79. The van der Waals surface area contributed by atoms with Crippen LogP contribution in [0.2, 0.25) is 0 Å². The molecular formula is C25H29NO6. The minimum atomic E-state index is -0.468. The van der Waals surface area contributed by atoms with E-state index in [0.29, 0.717) is 41.3 Å². The lowest BCUT2D eigenvalue weighted by molar-refractivity contribution is 0.0596. The zero-order valence-corrected chi connectivity index (χ0v) is 18.9. The van der Waals surface area contributed by atoms with E-state index in [2.05, 4.69) is 6.08 Å². The standard InChI is InChI=1S/C25H29NO6/c1-29-20-9-7-18(8-10-20)24(27)26-13-11-17(12-14-26)5-6-19-15-21(30-2)16-22(31-3)23(19)25(28)32-4/h5-10,15-17H,11-14H2,1-4H3/b6-5+. The summed E-state index contributed by atoms with van der Waals surface area (Å²) in [7, 11) is 6.01. The van der Waals surface area contributed by atoms with Crippen LogP contribution in [-0.4, -0.2) is 58.3 Å². The van der Waals surface area contributed by atoms with E-state index < -0.39 is 5.97 Å². The second-order valence-electron chi connectivity index (χ2n) is 7.50. The van der Waals surface area contributed by atoms with Gasteiger partial charge in [-0.05, 0) is 54.7 Å². The summed E-state index contributed by atoms with van der Waals surface area (Å²) in [6.45, 7) is 1.34. The molecule has 0 bridgehead atoms. The number of benzene rings is 2. The molecule has 1 aliphatic heterocycles. The number of esters is 1. The molecule has 2 aromatic rings. The van der Waals surface area contributed by atoms with Gasteiger partial charge in [0.15, 0.2) is 0 Å². The van der Waals surface area contributed by atoms with Gasteiger partial charge in [-0.15, -0.1) is 0 Å². The lowest BCUT2D eigenvalue weighted by Gasteiger charge is -2.31. The Kier molecular flexibility index (Phi) is 7.76. The van der Waals surface area contributed by atoms with Gasteiger partial charge >= 0.3 is 5.97 Å². The van der Waals surface area contributed by atoms with E-state index in [4.69, 9.17) is 18.9 Å². The van der Waals surface area contributed by atoms with Gasteiger partial charge < -0.3 is 23.8 Å². The third kappa shape index (κ3) is 5.22. The number of amides is 1. The van der Waals surface area contributed by atoms with Crippen molar-refractivity contribution in [3.8, 4) is 17.2 Å². The largest absolute Gasteiger partial charge is 0.497 e. The first-order chi connectivity index (χ1) is 15.5. The van der Waals surface area contributed by atoms with Crippen LogP contribution in [0, 0.1) is 5.92 Å². The Labute approximate surface area is 188 Å². The van der Waals surface area contributed by atoms with Crippen molar-refractivity contribution in [2.75, 3.05) is 41.5 Å². The van der Waals surface area contributed by atoms with Crippen LogP contribution in [0.25, 0.3) is 6.08 Å². The summed E-state index contributed by atoms with van der Waals surface area (Å²) in [6.07, 6.45) is 5.67. The van der Waals surface area contributed by atoms with Crippen molar-refractivity contribution in [3.05, 3.63) is 59.2 Å². The van der Waals surface area contributed by atoms with Crippen molar-refractivity contribution < 1.29 is 28.5 Å². The van der Waals surface area contributed by atoms with Gasteiger partial charge in [-0.3, -0.25) is 4.79 Å². The van der Waals surface area contributed by atoms with Crippen molar-refractivity contribution >= 4 is 18.0 Å². The molecule has 0 aliphatic carbocycles. The van der Waals surface area contributed by atoms with E-state index in [1.54, 1.807) is 50.6 Å². The zero-order chi connectivity index (χ0) is 23.1. The second-order valence-corrected chi connectivity index (χ2v) is 7.50. The molecule has 0 unspecified atom stereocenters. The minimum Gasteiger partial charge on any atom is -0.497 e. The summed E-state index contributed by atoms with van der Waals surface area (Å²) in [5, 5.41) is 0. The smallest absolute Gasteiger partial charge is 0.342 e. The van der Waals surface area contributed by atoms with E-state index in [1.165, 1.54) is 14.2 Å². The van der Waals surface area contributed by atoms with Crippen molar-refractivity contribution in [2.45, 2.75) is 12.8 Å². The van der Waals surface area contributed by atoms with Crippen LogP contribution >= 0.6 is 0 Å². The highest BCUT2D eigenvalue weighted by Gasteiger charge is 2.23.